The summed E-state index contributed by atoms with van der Waals surface area (Å²) in [5.41, 5.74) is 0.999. The van der Waals surface area contributed by atoms with E-state index in [0.717, 1.165) is 44.9 Å². The van der Waals surface area contributed by atoms with Crippen LogP contribution >= 0.6 is 0 Å². The highest BCUT2D eigenvalue weighted by Gasteiger charge is 2.66. The van der Waals surface area contributed by atoms with Crippen molar-refractivity contribution in [2.75, 3.05) is 20.3 Å². The number of carbonyl (C=O) groups excluding carboxylic acids is 2. The number of hydrogen-bond donors (Lipinski definition) is 5. The number of fused-ring (bicyclic) bond motifs is 5. The van der Waals surface area contributed by atoms with Crippen LogP contribution in [-0.4, -0.2) is 125 Å². The smallest absolute Gasteiger partial charge is 0.338 e. The zero-order valence-corrected chi connectivity index (χ0v) is 36.9. The molecule has 2 heterocycles. The zero-order chi connectivity index (χ0) is 44.0. The Kier molecular flexibility index (Phi) is 14.3. The van der Waals surface area contributed by atoms with Crippen LogP contribution in [-0.2, 0) is 33.2 Å². The van der Waals surface area contributed by atoms with E-state index in [2.05, 4.69) is 40.7 Å². The second-order valence-corrected chi connectivity index (χ2v) is 19.8. The Morgan fingerprint density at radius 3 is 2.21 bits per heavy atom. The van der Waals surface area contributed by atoms with Crippen molar-refractivity contribution in [3.05, 3.63) is 41.5 Å². The Bertz CT molecular complexity index is 1700. The minimum Gasteiger partial charge on any atom is -0.497 e. The Hall–Kier alpha value is -2.66. The van der Waals surface area contributed by atoms with E-state index < -0.39 is 78.8 Å². The van der Waals surface area contributed by atoms with Gasteiger partial charge in [0.15, 0.2) is 24.8 Å². The molecule has 5 fully saturated rings. The molecule has 0 amide bonds. The van der Waals surface area contributed by atoms with Crippen LogP contribution < -0.4 is 4.74 Å². The minimum absolute atomic E-state index is 0.0253. The molecule has 61 heavy (non-hydrogen) atoms. The lowest BCUT2D eigenvalue weighted by molar-refractivity contribution is -0.341. The van der Waals surface area contributed by atoms with Crippen molar-refractivity contribution in [1.29, 1.82) is 0 Å². The molecule has 1 aromatic carbocycles. The van der Waals surface area contributed by atoms with Crippen molar-refractivity contribution in [2.45, 2.75) is 167 Å². The predicted molar refractivity (Wildman–Crippen MR) is 221 cm³/mol. The van der Waals surface area contributed by atoms with Gasteiger partial charge in [0, 0.05) is 12.3 Å². The molecule has 5 N–H and O–H groups in total. The Balaban J connectivity index is 1.14. The molecule has 342 valence electrons. The number of hydrogen-bond acceptors (Lipinski definition) is 14. The largest absolute Gasteiger partial charge is 0.497 e. The Morgan fingerprint density at radius 2 is 1.54 bits per heavy atom. The summed E-state index contributed by atoms with van der Waals surface area (Å²) in [6.07, 6.45) is -2.81. The second-order valence-electron chi connectivity index (χ2n) is 19.8. The molecule has 2 saturated heterocycles. The van der Waals surface area contributed by atoms with Crippen LogP contribution in [0, 0.1) is 46.3 Å². The van der Waals surface area contributed by atoms with Crippen molar-refractivity contribution < 1.29 is 68.3 Å². The standard InChI is InChI=1S/C47H70O14/c1-24(2)9-8-10-25(3)32-20-33-31(16-13-28-19-29(49)17-18-46(28,33)5)34-21-37(42(53)47(32,34)6)59-45-41(58-26(4)48)39(36(51)23-57-45)61-44-40(38(52)35(50)22-56-44)60-43(54)27-11-14-30(55-7)15-12-27/h11-15,24-25,29,31-42,44-45,49-53H,8-10,16-23H2,1-7H3/t25-,29+,31?,32?,33?,34?,35?,36?,37+,38?,39?,40?,41?,42-,44?,45?,46+,47+/m1/s1. The lowest BCUT2D eigenvalue weighted by atomic mass is 9.44. The monoisotopic (exact) mass is 858 g/mol. The van der Waals surface area contributed by atoms with Crippen LogP contribution in [0.1, 0.15) is 110 Å². The molecular weight excluding hydrogens is 789 g/mol. The summed E-state index contributed by atoms with van der Waals surface area (Å²) in [6.45, 7) is 12.0. The zero-order valence-electron chi connectivity index (χ0n) is 36.9. The molecular formula is C47H70O14. The molecule has 0 spiro atoms. The van der Waals surface area contributed by atoms with Gasteiger partial charge in [0.25, 0.3) is 0 Å². The van der Waals surface area contributed by atoms with Gasteiger partial charge < -0.3 is 58.7 Å². The molecule has 3 saturated carbocycles. The van der Waals surface area contributed by atoms with Crippen LogP contribution in [0.4, 0.5) is 0 Å². The first-order chi connectivity index (χ1) is 29.0. The number of rotatable bonds is 13. The van der Waals surface area contributed by atoms with Crippen molar-refractivity contribution in [1.82, 2.24) is 0 Å². The molecule has 0 bridgehead atoms. The third kappa shape index (κ3) is 9.18. The number of aliphatic hydroxyl groups is 5. The SMILES string of the molecule is COc1ccc(C(=O)OC2C(OC3C(O)COC(O[C@H]4CC5C6CC=C7C[C@@H](O)CC[C@]7(C)C6CC([C@H](C)CCCC(C)C)[C@]5(C)[C@@H]4O)C3OC(C)=O)OCC(O)C2O)cc1. The van der Waals surface area contributed by atoms with Crippen molar-refractivity contribution in [2.24, 2.45) is 46.3 Å². The molecule has 12 unspecified atom stereocenters. The molecule has 14 nitrogen and oxygen atoms in total. The summed E-state index contributed by atoms with van der Waals surface area (Å²) >= 11 is 0. The highest BCUT2D eigenvalue weighted by atomic mass is 16.7. The maximum absolute atomic E-state index is 13.3. The van der Waals surface area contributed by atoms with Crippen molar-refractivity contribution in [3.63, 3.8) is 0 Å². The summed E-state index contributed by atoms with van der Waals surface area (Å²) in [7, 11) is 1.49. The van der Waals surface area contributed by atoms with Gasteiger partial charge in [-0.25, -0.2) is 4.79 Å². The van der Waals surface area contributed by atoms with E-state index >= 15 is 0 Å². The molecule has 14 heteroatoms. The van der Waals surface area contributed by atoms with Crippen LogP contribution in [0.3, 0.4) is 0 Å². The molecule has 0 aromatic heterocycles. The number of aliphatic hydroxyl groups excluding tert-OH is 5. The van der Waals surface area contributed by atoms with Gasteiger partial charge in [0.2, 0.25) is 0 Å². The average molecular weight is 859 g/mol. The maximum Gasteiger partial charge on any atom is 0.338 e. The van der Waals surface area contributed by atoms with Gasteiger partial charge in [-0.2, -0.15) is 0 Å². The first-order valence-electron chi connectivity index (χ1n) is 22.6. The highest BCUT2D eigenvalue weighted by molar-refractivity contribution is 5.89. The van der Waals surface area contributed by atoms with Crippen LogP contribution in [0.15, 0.2) is 35.9 Å². The minimum atomic E-state index is -1.62. The summed E-state index contributed by atoms with van der Waals surface area (Å²) < 4.78 is 41.5. The van der Waals surface area contributed by atoms with Gasteiger partial charge in [-0.1, -0.05) is 65.5 Å². The lowest BCUT2D eigenvalue weighted by Crippen LogP contribution is -2.62. The fourth-order valence-corrected chi connectivity index (χ4v) is 12.3. The Labute approximate surface area is 360 Å². The third-order valence-electron chi connectivity index (χ3n) is 15.7. The topological polar surface area (TPSA) is 200 Å². The molecule has 0 radical (unpaired) electrons. The number of esters is 2. The molecule has 2 aliphatic heterocycles. The van der Waals surface area contributed by atoms with Gasteiger partial charge >= 0.3 is 11.9 Å². The molecule has 6 aliphatic rings. The number of carbonyl (C=O) groups is 2. The van der Waals surface area contributed by atoms with E-state index in [1.807, 2.05) is 0 Å². The molecule has 18 atom stereocenters. The highest BCUT2D eigenvalue weighted by Crippen LogP contribution is 2.68. The van der Waals surface area contributed by atoms with Gasteiger partial charge in [0.1, 0.15) is 30.2 Å². The van der Waals surface area contributed by atoms with E-state index in [9.17, 15) is 35.1 Å². The Morgan fingerprint density at radius 1 is 0.852 bits per heavy atom. The number of methoxy groups -OCH3 is 1. The van der Waals surface area contributed by atoms with E-state index in [1.165, 1.54) is 31.7 Å². The molecule has 4 aliphatic carbocycles. The lowest BCUT2D eigenvalue weighted by Gasteiger charge is -2.61. The second kappa shape index (κ2) is 18.8. The fraction of sp³-hybridized carbons (Fsp3) is 0.787. The van der Waals surface area contributed by atoms with Crippen molar-refractivity contribution >= 4 is 11.9 Å². The summed E-state index contributed by atoms with van der Waals surface area (Å²) in [5.74, 6) is 0.948. The van der Waals surface area contributed by atoms with E-state index in [0.29, 0.717) is 42.3 Å². The normalized spacial score (nSPS) is 42.7. The fourth-order valence-electron chi connectivity index (χ4n) is 12.3. The van der Waals surface area contributed by atoms with Gasteiger partial charge in [0.05, 0.1) is 44.2 Å². The summed E-state index contributed by atoms with van der Waals surface area (Å²) in [6, 6.07) is 6.12. The first-order valence-corrected chi connectivity index (χ1v) is 22.6. The summed E-state index contributed by atoms with van der Waals surface area (Å²) in [4.78, 5) is 26.0. The van der Waals surface area contributed by atoms with E-state index in [4.69, 9.17) is 33.2 Å². The predicted octanol–water partition coefficient (Wildman–Crippen LogP) is 4.70. The van der Waals surface area contributed by atoms with Crippen LogP contribution in [0.25, 0.3) is 0 Å². The molecule has 7 rings (SSSR count). The van der Waals surface area contributed by atoms with E-state index in [1.54, 1.807) is 12.1 Å². The number of benzene rings is 1. The van der Waals surface area contributed by atoms with Crippen molar-refractivity contribution in [3.8, 4) is 5.75 Å². The first kappa shape index (κ1) is 46.3. The maximum atomic E-state index is 13.3. The average Bonchev–Trinajstić information content (AvgIpc) is 3.48. The van der Waals surface area contributed by atoms with Crippen LogP contribution in [0.5, 0.6) is 5.75 Å². The van der Waals surface area contributed by atoms with E-state index in [-0.39, 0.29) is 42.1 Å². The van der Waals surface area contributed by atoms with Gasteiger partial charge in [-0.3, -0.25) is 4.79 Å². The quantitative estimate of drug-likeness (QED) is 0.135. The van der Waals surface area contributed by atoms with Gasteiger partial charge in [-0.15, -0.1) is 0 Å². The third-order valence-corrected chi connectivity index (χ3v) is 15.7. The molecule has 1 aromatic rings. The number of allylic oxidation sites excluding steroid dienone is 1. The number of ether oxygens (including phenoxy) is 7. The van der Waals surface area contributed by atoms with Crippen LogP contribution in [0.2, 0.25) is 0 Å². The van der Waals surface area contributed by atoms with Gasteiger partial charge in [-0.05, 0) is 104 Å². The summed E-state index contributed by atoms with van der Waals surface area (Å²) in [5, 5.41) is 56.2.